The van der Waals surface area contributed by atoms with E-state index in [1.165, 1.54) is 11.9 Å². The zero-order chi connectivity index (χ0) is 22.9. The molecule has 1 aliphatic heterocycles. The van der Waals surface area contributed by atoms with Crippen molar-refractivity contribution in [1.29, 1.82) is 0 Å². The summed E-state index contributed by atoms with van der Waals surface area (Å²) < 4.78 is 16.3. The van der Waals surface area contributed by atoms with E-state index in [0.29, 0.717) is 23.4 Å². The molecule has 2 aromatic heterocycles. The van der Waals surface area contributed by atoms with E-state index in [4.69, 9.17) is 9.47 Å². The van der Waals surface area contributed by atoms with E-state index in [1.807, 2.05) is 0 Å². The molecule has 3 heterocycles. The molecule has 0 saturated carbocycles. The number of rotatable bonds is 4. The monoisotopic (exact) mass is 452 g/mol. The zero-order valence-corrected chi connectivity index (χ0v) is 18.8. The number of esters is 1. The molecule has 1 amide bonds. The lowest BCUT2D eigenvalue weighted by molar-refractivity contribution is -0.742. The van der Waals surface area contributed by atoms with E-state index in [0.717, 1.165) is 16.0 Å². The summed E-state index contributed by atoms with van der Waals surface area (Å²) in [5.74, 6) is -1.46. The largest absolute Gasteiger partial charge is 0.854 e. The lowest BCUT2D eigenvalue weighted by Crippen LogP contribution is -2.43. The van der Waals surface area contributed by atoms with Crippen LogP contribution in [0.15, 0.2) is 14.3 Å². The molecule has 11 nitrogen and oxygen atoms in total. The number of fused-ring (bicyclic) bond motifs is 1. The summed E-state index contributed by atoms with van der Waals surface area (Å²) in [6.45, 7) is 7.73. The summed E-state index contributed by atoms with van der Waals surface area (Å²) in [6.07, 6.45) is -0.0843. The van der Waals surface area contributed by atoms with Crippen molar-refractivity contribution in [2.24, 2.45) is 12.0 Å². The van der Waals surface area contributed by atoms with Gasteiger partial charge in [-0.3, -0.25) is 4.52 Å². The van der Waals surface area contributed by atoms with Gasteiger partial charge in [0.15, 0.2) is 7.05 Å². The summed E-state index contributed by atoms with van der Waals surface area (Å²) >= 11 is 1.10. The topological polar surface area (TPSA) is 141 Å². The number of aromatic nitrogens is 2. The first-order chi connectivity index (χ1) is 14.5. The Morgan fingerprint density at radius 3 is 2.68 bits per heavy atom. The molecule has 12 heteroatoms. The minimum Gasteiger partial charge on any atom is -0.854 e. The van der Waals surface area contributed by atoms with Crippen molar-refractivity contribution >= 4 is 34.3 Å². The van der Waals surface area contributed by atoms with Gasteiger partial charge < -0.3 is 19.5 Å². The van der Waals surface area contributed by atoms with Crippen molar-refractivity contribution in [3.8, 4) is 0 Å². The SMILES string of the molecule is CCOC(=O)c1c(/N=C(\[O-])c2c(=O)o[nH][n+]2C)sc2c1CCN(C(=O)OC(C)(C)C)C2. The average Bonchev–Trinajstić information content (AvgIpc) is 3.18. The molecule has 0 bridgehead atoms. The molecule has 31 heavy (non-hydrogen) atoms. The first-order valence-corrected chi connectivity index (χ1v) is 10.5. The molecular weight excluding hydrogens is 428 g/mol. The van der Waals surface area contributed by atoms with Crippen molar-refractivity contribution in [3.05, 3.63) is 32.1 Å². The zero-order valence-electron chi connectivity index (χ0n) is 17.9. The van der Waals surface area contributed by atoms with Crippen molar-refractivity contribution < 1.29 is 33.4 Å². The van der Waals surface area contributed by atoms with Crippen LogP contribution in [0.3, 0.4) is 0 Å². The number of carbonyl (C=O) groups is 2. The molecule has 168 valence electrons. The highest BCUT2D eigenvalue weighted by molar-refractivity contribution is 7.16. The van der Waals surface area contributed by atoms with E-state index < -0.39 is 29.2 Å². The highest BCUT2D eigenvalue weighted by Gasteiger charge is 2.32. The number of aromatic amines is 1. The number of hydrogen-bond donors (Lipinski definition) is 1. The summed E-state index contributed by atoms with van der Waals surface area (Å²) in [6, 6.07) is 0. The number of amides is 1. The van der Waals surface area contributed by atoms with Crippen molar-refractivity contribution in [2.75, 3.05) is 13.2 Å². The maximum absolute atomic E-state index is 12.6. The summed E-state index contributed by atoms with van der Waals surface area (Å²) in [4.78, 5) is 43.1. The fourth-order valence-electron chi connectivity index (χ4n) is 3.08. The molecule has 1 N–H and O–H groups in total. The third kappa shape index (κ3) is 4.79. The Morgan fingerprint density at radius 1 is 1.39 bits per heavy atom. The number of H-pyrrole nitrogens is 1. The predicted molar refractivity (Wildman–Crippen MR) is 107 cm³/mol. The van der Waals surface area contributed by atoms with Crippen LogP contribution >= 0.6 is 11.3 Å². The molecule has 0 unspecified atom stereocenters. The third-order valence-electron chi connectivity index (χ3n) is 4.38. The van der Waals surface area contributed by atoms with Gasteiger partial charge in [0.25, 0.3) is 0 Å². The lowest BCUT2D eigenvalue weighted by atomic mass is 10.0. The van der Waals surface area contributed by atoms with Gasteiger partial charge in [-0.25, -0.2) is 19.4 Å². The highest BCUT2D eigenvalue weighted by atomic mass is 32.1. The number of nitrogens with zero attached hydrogens (tertiary/aromatic N) is 3. The van der Waals surface area contributed by atoms with Gasteiger partial charge in [-0.1, -0.05) is 4.68 Å². The smallest absolute Gasteiger partial charge is 0.435 e. The molecule has 3 rings (SSSR count). The van der Waals surface area contributed by atoms with Gasteiger partial charge in [0.05, 0.1) is 24.6 Å². The number of carbonyl (C=O) groups excluding carboxylic acids is 2. The number of thiophene rings is 1. The first-order valence-electron chi connectivity index (χ1n) is 9.65. The van der Waals surface area contributed by atoms with Crippen LogP contribution in [-0.2, 0) is 29.5 Å². The minimum absolute atomic E-state index is 0.125. The second-order valence-electron chi connectivity index (χ2n) is 7.86. The van der Waals surface area contributed by atoms with E-state index in [1.54, 1.807) is 27.7 Å². The maximum Gasteiger partial charge on any atom is 0.435 e. The van der Waals surface area contributed by atoms with Crippen molar-refractivity contribution in [1.82, 2.24) is 10.2 Å². The van der Waals surface area contributed by atoms with Crippen LogP contribution in [-0.4, -0.2) is 46.9 Å². The fraction of sp³-hybridized carbons (Fsp3) is 0.526. The molecule has 1 aliphatic rings. The van der Waals surface area contributed by atoms with Gasteiger partial charge in [0.1, 0.15) is 10.6 Å². The molecule has 0 atom stereocenters. The lowest BCUT2D eigenvalue weighted by Gasteiger charge is -2.30. The Hall–Kier alpha value is -3.15. The van der Waals surface area contributed by atoms with Gasteiger partial charge in [-0.2, -0.15) is 0 Å². The Kier molecular flexibility index (Phi) is 6.20. The minimum atomic E-state index is -0.869. The van der Waals surface area contributed by atoms with Gasteiger partial charge in [-0.15, -0.1) is 11.3 Å². The molecule has 0 spiro atoms. The predicted octanol–water partition coefficient (Wildman–Crippen LogP) is 0.762. The average molecular weight is 452 g/mol. The molecule has 0 aliphatic carbocycles. The summed E-state index contributed by atoms with van der Waals surface area (Å²) in [7, 11) is 1.43. The number of ether oxygens (including phenoxy) is 2. The van der Waals surface area contributed by atoms with Crippen LogP contribution < -0.4 is 15.4 Å². The highest BCUT2D eigenvalue weighted by Crippen LogP contribution is 2.39. The number of nitrogens with one attached hydrogen (secondary N) is 1. The third-order valence-corrected chi connectivity index (χ3v) is 5.49. The molecule has 0 radical (unpaired) electrons. The number of aliphatic imine (C=N–C) groups is 1. The van der Waals surface area contributed by atoms with E-state index >= 15 is 0 Å². The van der Waals surface area contributed by atoms with E-state index in [-0.39, 0.29) is 29.4 Å². The summed E-state index contributed by atoms with van der Waals surface area (Å²) in [5.41, 5.74) is -0.951. The van der Waals surface area contributed by atoms with E-state index in [9.17, 15) is 19.5 Å². The van der Waals surface area contributed by atoms with Gasteiger partial charge in [0, 0.05) is 11.4 Å². The summed E-state index contributed by atoms with van der Waals surface area (Å²) in [5, 5.41) is 15.0. The maximum atomic E-state index is 12.6. The Labute approximate surface area is 181 Å². The molecule has 0 aromatic carbocycles. The molecule has 0 fully saturated rings. The van der Waals surface area contributed by atoms with Gasteiger partial charge in [-0.05, 0) is 45.0 Å². The van der Waals surface area contributed by atoms with Crippen LogP contribution in [0.1, 0.15) is 54.2 Å². The second kappa shape index (κ2) is 8.53. The van der Waals surface area contributed by atoms with Crippen LogP contribution in [0.25, 0.3) is 0 Å². The fourth-order valence-corrected chi connectivity index (χ4v) is 4.30. The van der Waals surface area contributed by atoms with Crippen LogP contribution in [0.2, 0.25) is 0 Å². The van der Waals surface area contributed by atoms with Crippen LogP contribution in [0.5, 0.6) is 0 Å². The molecule has 2 aromatic rings. The van der Waals surface area contributed by atoms with Crippen molar-refractivity contribution in [2.45, 2.75) is 46.3 Å². The van der Waals surface area contributed by atoms with Crippen molar-refractivity contribution in [3.63, 3.8) is 0 Å². The van der Waals surface area contributed by atoms with Crippen LogP contribution in [0, 0.1) is 0 Å². The quantitative estimate of drug-likeness (QED) is 0.312. The second-order valence-corrected chi connectivity index (χ2v) is 8.95. The number of hydrogen-bond acceptors (Lipinski definition) is 9. The molecule has 0 saturated heterocycles. The van der Waals surface area contributed by atoms with E-state index in [2.05, 4.69) is 14.8 Å². The van der Waals surface area contributed by atoms with Crippen LogP contribution in [0.4, 0.5) is 9.80 Å². The Bertz CT molecular complexity index is 1090. The molecular formula is C19H24N4O7S. The normalized spacial score (nSPS) is 14.4. The standard InChI is InChI=1S/C19H24N4O7S/c1-6-28-16(25)12-10-7-8-23(18(27)29-19(2,3)4)9-11(10)31-15(12)20-14(24)13-17(26)30-21-22(13)5/h6-9H2,1-5H3,(H-,20,21,24,25,26). The Balaban J connectivity index is 2.00. The van der Waals surface area contributed by atoms with Gasteiger partial charge >= 0.3 is 23.4 Å². The van der Waals surface area contributed by atoms with Gasteiger partial charge in [0.2, 0.25) is 0 Å². The Morgan fingerprint density at radius 2 is 2.10 bits per heavy atom. The number of aryl methyl sites for hydroxylation is 1. The first kappa shape index (κ1) is 22.5.